The van der Waals surface area contributed by atoms with Crippen LogP contribution in [0.15, 0.2) is 12.3 Å². The van der Waals surface area contributed by atoms with Gasteiger partial charge in [-0.05, 0) is 39.7 Å². The smallest absolute Gasteiger partial charge is 0.399 e. The van der Waals surface area contributed by atoms with Gasteiger partial charge in [0, 0.05) is 11.7 Å². The molecule has 2 heterocycles. The van der Waals surface area contributed by atoms with Crippen LogP contribution in [0, 0.1) is 12.3 Å². The molecule has 1 aliphatic heterocycles. The molecule has 0 spiro atoms. The summed E-state index contributed by atoms with van der Waals surface area (Å²) in [4.78, 5) is 4.11. The predicted molar refractivity (Wildman–Crippen MR) is 72.9 cm³/mol. The van der Waals surface area contributed by atoms with Crippen LogP contribution in [0.3, 0.4) is 0 Å². The molecule has 1 aromatic heterocycles. The number of rotatable bonds is 1. The number of hydrogen-bond acceptors (Lipinski definition) is 3. The first-order valence-corrected chi connectivity index (χ1v) is 6.12. The molecule has 0 radical (unpaired) electrons. The van der Waals surface area contributed by atoms with E-state index in [2.05, 4.69) is 10.9 Å². The molecule has 0 bridgehead atoms. The van der Waals surface area contributed by atoms with E-state index in [0.717, 1.165) is 5.46 Å². The Kier molecular flexibility index (Phi) is 3.18. The number of pyridine rings is 1. The van der Waals surface area contributed by atoms with Crippen molar-refractivity contribution in [3.8, 4) is 12.3 Å². The fraction of sp³-hybridized carbons (Fsp3) is 0.462. The van der Waals surface area contributed by atoms with Gasteiger partial charge in [-0.1, -0.05) is 11.6 Å². The van der Waals surface area contributed by atoms with Crippen molar-refractivity contribution in [1.82, 2.24) is 4.98 Å². The number of halogens is 1. The predicted octanol–water partition coefficient (Wildman–Crippen LogP) is 2.02. The van der Waals surface area contributed by atoms with Crippen LogP contribution in [0.25, 0.3) is 0 Å². The maximum absolute atomic E-state index is 6.03. The summed E-state index contributed by atoms with van der Waals surface area (Å²) < 4.78 is 11.8. The first-order chi connectivity index (χ1) is 8.27. The van der Waals surface area contributed by atoms with Crippen LogP contribution in [-0.2, 0) is 9.31 Å². The second kappa shape index (κ2) is 4.27. The summed E-state index contributed by atoms with van der Waals surface area (Å²) in [5.41, 5.74) is 0.443. The number of hydrogen-bond donors (Lipinski definition) is 0. The molecule has 94 valence electrons. The average Bonchev–Trinajstić information content (AvgIpc) is 2.48. The Balaban J connectivity index is 2.31. The summed E-state index contributed by atoms with van der Waals surface area (Å²) in [6.07, 6.45) is 6.92. The Morgan fingerprint density at radius 2 is 1.83 bits per heavy atom. The van der Waals surface area contributed by atoms with Crippen molar-refractivity contribution in [1.29, 1.82) is 0 Å². The third kappa shape index (κ3) is 2.14. The van der Waals surface area contributed by atoms with E-state index in [1.807, 2.05) is 27.7 Å². The van der Waals surface area contributed by atoms with E-state index in [1.165, 1.54) is 0 Å². The van der Waals surface area contributed by atoms with Crippen molar-refractivity contribution in [2.24, 2.45) is 0 Å². The molecule has 1 aliphatic rings. The van der Waals surface area contributed by atoms with Gasteiger partial charge in [-0.2, -0.15) is 0 Å². The fourth-order valence-corrected chi connectivity index (χ4v) is 1.90. The lowest BCUT2D eigenvalue weighted by atomic mass is 9.80. The van der Waals surface area contributed by atoms with Gasteiger partial charge in [0.05, 0.1) is 16.2 Å². The number of aromatic nitrogens is 1. The quantitative estimate of drug-likeness (QED) is 0.574. The highest BCUT2D eigenvalue weighted by Crippen LogP contribution is 2.36. The summed E-state index contributed by atoms with van der Waals surface area (Å²) in [7, 11) is -0.466. The van der Waals surface area contributed by atoms with E-state index in [0.29, 0.717) is 10.7 Å². The zero-order valence-corrected chi connectivity index (χ0v) is 11.7. The maximum atomic E-state index is 6.03. The van der Waals surface area contributed by atoms with E-state index in [4.69, 9.17) is 27.3 Å². The first kappa shape index (κ1) is 13.4. The normalized spacial score (nSPS) is 20.8. The van der Waals surface area contributed by atoms with Gasteiger partial charge in [-0.3, -0.25) is 0 Å². The van der Waals surface area contributed by atoms with E-state index < -0.39 is 7.12 Å². The molecule has 0 aromatic carbocycles. The lowest BCUT2D eigenvalue weighted by Crippen LogP contribution is -2.41. The fourth-order valence-electron chi connectivity index (χ4n) is 1.67. The maximum Gasteiger partial charge on any atom is 0.496 e. The highest BCUT2D eigenvalue weighted by molar-refractivity contribution is 6.62. The van der Waals surface area contributed by atoms with Crippen molar-refractivity contribution >= 4 is 24.2 Å². The Labute approximate surface area is 113 Å². The molecule has 0 amide bonds. The summed E-state index contributed by atoms with van der Waals surface area (Å²) in [6, 6.07) is 1.74. The second-order valence-corrected chi connectivity index (χ2v) is 5.74. The van der Waals surface area contributed by atoms with Gasteiger partial charge >= 0.3 is 7.12 Å². The van der Waals surface area contributed by atoms with Gasteiger partial charge in [0.1, 0.15) is 5.69 Å². The molecule has 0 saturated carbocycles. The van der Waals surface area contributed by atoms with Crippen molar-refractivity contribution in [3.63, 3.8) is 0 Å². The molecular weight excluding hydrogens is 248 g/mol. The van der Waals surface area contributed by atoms with Crippen LogP contribution in [0.1, 0.15) is 33.4 Å². The molecule has 0 aliphatic carbocycles. The minimum atomic E-state index is -0.466. The van der Waals surface area contributed by atoms with Crippen molar-refractivity contribution in [3.05, 3.63) is 23.0 Å². The van der Waals surface area contributed by atoms with Gasteiger partial charge in [0.2, 0.25) is 0 Å². The van der Waals surface area contributed by atoms with Crippen LogP contribution in [0.2, 0.25) is 5.02 Å². The molecule has 1 fully saturated rings. The molecule has 1 saturated heterocycles. The number of terminal acetylenes is 1. The molecule has 3 nitrogen and oxygen atoms in total. The van der Waals surface area contributed by atoms with Crippen LogP contribution < -0.4 is 5.46 Å². The monoisotopic (exact) mass is 263 g/mol. The Morgan fingerprint density at radius 3 is 2.28 bits per heavy atom. The summed E-state index contributed by atoms with van der Waals surface area (Å²) in [5.74, 6) is 2.42. The van der Waals surface area contributed by atoms with Gasteiger partial charge in [-0.25, -0.2) is 4.98 Å². The summed E-state index contributed by atoms with van der Waals surface area (Å²) >= 11 is 6.03. The van der Waals surface area contributed by atoms with E-state index in [-0.39, 0.29) is 11.2 Å². The van der Waals surface area contributed by atoms with E-state index >= 15 is 0 Å². The van der Waals surface area contributed by atoms with Crippen LogP contribution in [-0.4, -0.2) is 23.3 Å². The van der Waals surface area contributed by atoms with Crippen LogP contribution in [0.5, 0.6) is 0 Å². The van der Waals surface area contributed by atoms with Crippen LogP contribution >= 0.6 is 11.6 Å². The zero-order chi connectivity index (χ0) is 13.6. The SMILES string of the molecule is C#Cc1ncc(B2OC(C)(C)C(C)(C)O2)cc1Cl. The van der Waals surface area contributed by atoms with Gasteiger partial charge in [0.15, 0.2) is 0 Å². The van der Waals surface area contributed by atoms with Crippen LogP contribution in [0.4, 0.5) is 0 Å². The highest BCUT2D eigenvalue weighted by atomic mass is 35.5. The second-order valence-electron chi connectivity index (χ2n) is 5.33. The topological polar surface area (TPSA) is 31.4 Å². The molecule has 1 aromatic rings. The minimum absolute atomic E-state index is 0.380. The Morgan fingerprint density at radius 1 is 1.28 bits per heavy atom. The van der Waals surface area contributed by atoms with Gasteiger partial charge < -0.3 is 9.31 Å². The zero-order valence-electron chi connectivity index (χ0n) is 11.0. The largest absolute Gasteiger partial charge is 0.496 e. The van der Waals surface area contributed by atoms with Crippen molar-refractivity contribution < 1.29 is 9.31 Å². The standard InChI is InChI=1S/C13H15BClNO2/c1-6-11-10(15)7-9(8-16-11)14-17-12(2,3)13(4,5)18-14/h1,7-8H,2-5H3. The third-order valence-corrected chi connectivity index (χ3v) is 3.81. The molecule has 0 unspecified atom stereocenters. The molecule has 2 rings (SSSR count). The lowest BCUT2D eigenvalue weighted by molar-refractivity contribution is 0.00578. The molecular formula is C13H15BClNO2. The third-order valence-electron chi connectivity index (χ3n) is 3.52. The molecule has 5 heteroatoms. The molecule has 0 atom stereocenters. The van der Waals surface area contributed by atoms with Gasteiger partial charge in [-0.15, -0.1) is 6.42 Å². The highest BCUT2D eigenvalue weighted by Gasteiger charge is 2.51. The average molecular weight is 264 g/mol. The Bertz CT molecular complexity index is 506. The van der Waals surface area contributed by atoms with Gasteiger partial charge in [0.25, 0.3) is 0 Å². The van der Waals surface area contributed by atoms with E-state index in [1.54, 1.807) is 12.3 Å². The summed E-state index contributed by atoms with van der Waals surface area (Å²) in [5, 5.41) is 0.435. The van der Waals surface area contributed by atoms with Crippen molar-refractivity contribution in [2.75, 3.05) is 0 Å². The number of nitrogens with zero attached hydrogens (tertiary/aromatic N) is 1. The first-order valence-electron chi connectivity index (χ1n) is 5.74. The summed E-state index contributed by atoms with van der Waals surface area (Å²) in [6.45, 7) is 7.99. The van der Waals surface area contributed by atoms with Crippen molar-refractivity contribution in [2.45, 2.75) is 38.9 Å². The minimum Gasteiger partial charge on any atom is -0.399 e. The molecule has 18 heavy (non-hydrogen) atoms. The Hall–Kier alpha value is -1.02. The molecule has 0 N–H and O–H groups in total. The van der Waals surface area contributed by atoms with E-state index in [9.17, 15) is 0 Å². The lowest BCUT2D eigenvalue weighted by Gasteiger charge is -2.32.